The molecule has 3 N–H and O–H groups in total. The van der Waals surface area contributed by atoms with E-state index in [9.17, 15) is 14.4 Å². The van der Waals surface area contributed by atoms with Crippen molar-refractivity contribution in [2.24, 2.45) is 0 Å². The van der Waals surface area contributed by atoms with Crippen LogP contribution < -0.4 is 20.7 Å². The number of nitrogens with one attached hydrogen (secondary N) is 3. The lowest BCUT2D eigenvalue weighted by atomic mass is 10.1. The first-order valence-electron chi connectivity index (χ1n) is 14.5. The fraction of sp³-hybridized carbons (Fsp3) is 0.0541. The molecule has 1 atom stereocenters. The highest BCUT2D eigenvalue weighted by Crippen LogP contribution is 2.38. The Kier molecular flexibility index (Phi) is 11.8. The van der Waals surface area contributed by atoms with Gasteiger partial charge in [-0.05, 0) is 77.9 Å². The number of rotatable bonds is 11. The van der Waals surface area contributed by atoms with Crippen molar-refractivity contribution in [1.82, 2.24) is 5.32 Å². The number of carbonyl (C=O) groups is 3. The average Bonchev–Trinajstić information content (AvgIpc) is 3.09. The van der Waals surface area contributed by atoms with E-state index >= 15 is 0 Å². The third-order valence-corrected chi connectivity index (χ3v) is 9.00. The molecule has 0 aliphatic heterocycles. The van der Waals surface area contributed by atoms with Crippen LogP contribution in [-0.4, -0.2) is 24.8 Å². The molecule has 242 valence electrons. The minimum Gasteiger partial charge on any atom is -0.495 e. The third kappa shape index (κ3) is 9.20. The fourth-order valence-corrected chi connectivity index (χ4v) is 6.36. The predicted octanol–water partition coefficient (Wildman–Crippen LogP) is 9.54. The summed E-state index contributed by atoms with van der Waals surface area (Å²) in [6.07, 6.45) is 1.48. The van der Waals surface area contributed by atoms with Gasteiger partial charge in [-0.25, -0.2) is 0 Å². The lowest BCUT2D eigenvalue weighted by molar-refractivity contribution is -0.116. The molecule has 48 heavy (non-hydrogen) atoms. The second-order valence-corrected chi connectivity index (χ2v) is 12.7. The first-order valence-corrected chi connectivity index (χ1v) is 16.5. The molecule has 0 saturated carbocycles. The molecular weight excluding hydrogens is 689 g/mol. The Morgan fingerprint density at radius 2 is 1.44 bits per heavy atom. The van der Waals surface area contributed by atoms with Crippen molar-refractivity contribution in [1.29, 1.82) is 0 Å². The summed E-state index contributed by atoms with van der Waals surface area (Å²) < 4.78 is 5.22. The molecule has 3 amide bonds. The number of halogens is 3. The van der Waals surface area contributed by atoms with Gasteiger partial charge in [0.15, 0.2) is 0 Å². The van der Waals surface area contributed by atoms with Gasteiger partial charge in [0.1, 0.15) is 16.7 Å². The Morgan fingerprint density at radius 3 is 2.12 bits per heavy atom. The van der Waals surface area contributed by atoms with Crippen LogP contribution in [0.4, 0.5) is 11.4 Å². The first-order chi connectivity index (χ1) is 23.2. The molecule has 0 radical (unpaired) electrons. The van der Waals surface area contributed by atoms with E-state index in [0.29, 0.717) is 48.2 Å². The maximum atomic E-state index is 13.6. The molecule has 5 aromatic carbocycles. The summed E-state index contributed by atoms with van der Waals surface area (Å²) in [7, 11) is 1.52. The molecule has 11 heteroatoms. The lowest BCUT2D eigenvalue weighted by Gasteiger charge is -2.18. The van der Waals surface area contributed by atoms with Crippen molar-refractivity contribution < 1.29 is 19.1 Å². The van der Waals surface area contributed by atoms with E-state index in [1.165, 1.54) is 24.9 Å². The van der Waals surface area contributed by atoms with Gasteiger partial charge in [0.2, 0.25) is 5.91 Å². The van der Waals surface area contributed by atoms with E-state index < -0.39 is 17.1 Å². The molecule has 0 heterocycles. The van der Waals surface area contributed by atoms with Crippen LogP contribution in [0.5, 0.6) is 5.75 Å². The summed E-state index contributed by atoms with van der Waals surface area (Å²) in [6, 6.07) is 34.8. The minimum atomic E-state index is -0.648. The van der Waals surface area contributed by atoms with E-state index in [-0.39, 0.29) is 11.6 Å². The second kappa shape index (κ2) is 16.4. The third-order valence-electron chi connectivity index (χ3n) is 6.90. The van der Waals surface area contributed by atoms with Crippen molar-refractivity contribution in [3.63, 3.8) is 0 Å². The zero-order chi connectivity index (χ0) is 34.0. The number of methoxy groups -OCH3 is 1. The van der Waals surface area contributed by atoms with E-state index in [1.54, 1.807) is 84.9 Å². The quantitative estimate of drug-likeness (QED) is 0.0935. The molecule has 5 aromatic rings. The van der Waals surface area contributed by atoms with Gasteiger partial charge in [-0.1, -0.05) is 95.5 Å². The summed E-state index contributed by atoms with van der Waals surface area (Å²) in [4.78, 5) is 41.1. The van der Waals surface area contributed by atoms with Gasteiger partial charge in [-0.2, -0.15) is 0 Å². The molecule has 7 nitrogen and oxygen atoms in total. The SMILES string of the molecule is COc1ccc(NC(=O)C(Sc2cccc(NC(=O)/C(=C\c3ccc(Cl)cc3Cl)NC(=O)c3ccccc3)c2)c2ccccc2)cc1Cl. The fourth-order valence-electron chi connectivity index (χ4n) is 4.55. The van der Waals surface area contributed by atoms with E-state index in [2.05, 4.69) is 16.0 Å². The minimum absolute atomic E-state index is 0.0363. The van der Waals surface area contributed by atoms with Crippen LogP contribution in [0.3, 0.4) is 0 Å². The topological polar surface area (TPSA) is 96.5 Å². The smallest absolute Gasteiger partial charge is 0.272 e. The number of carbonyl (C=O) groups excluding carboxylic acids is 3. The monoisotopic (exact) mass is 715 g/mol. The molecule has 0 aromatic heterocycles. The molecule has 0 aliphatic rings. The Balaban J connectivity index is 1.39. The zero-order valence-electron chi connectivity index (χ0n) is 25.4. The molecular formula is C37H28Cl3N3O4S. The highest BCUT2D eigenvalue weighted by molar-refractivity contribution is 8.00. The number of ether oxygens (including phenoxy) is 1. The van der Waals surface area contributed by atoms with Crippen molar-refractivity contribution in [2.75, 3.05) is 17.7 Å². The summed E-state index contributed by atoms with van der Waals surface area (Å²) in [5.41, 5.74) is 2.57. The first kappa shape index (κ1) is 34.6. The van der Waals surface area contributed by atoms with Crippen molar-refractivity contribution in [3.8, 4) is 5.75 Å². The van der Waals surface area contributed by atoms with Gasteiger partial charge in [0, 0.05) is 31.9 Å². The normalized spacial score (nSPS) is 11.7. The predicted molar refractivity (Wildman–Crippen MR) is 195 cm³/mol. The van der Waals surface area contributed by atoms with Crippen LogP contribution in [0.1, 0.15) is 26.7 Å². The Morgan fingerprint density at radius 1 is 0.729 bits per heavy atom. The molecule has 0 spiro atoms. The Hall–Kier alpha value is -4.73. The number of thioether (sulfide) groups is 1. The maximum absolute atomic E-state index is 13.6. The zero-order valence-corrected chi connectivity index (χ0v) is 28.5. The highest BCUT2D eigenvalue weighted by atomic mass is 35.5. The van der Waals surface area contributed by atoms with Gasteiger partial charge in [0.25, 0.3) is 11.8 Å². The maximum Gasteiger partial charge on any atom is 0.272 e. The molecule has 0 fully saturated rings. The van der Waals surface area contributed by atoms with Gasteiger partial charge in [-0.15, -0.1) is 11.8 Å². The van der Waals surface area contributed by atoms with E-state index in [0.717, 1.165) is 5.56 Å². The summed E-state index contributed by atoms with van der Waals surface area (Å²) in [5, 5.41) is 8.96. The average molecular weight is 717 g/mol. The van der Waals surface area contributed by atoms with Gasteiger partial charge in [-0.3, -0.25) is 14.4 Å². The van der Waals surface area contributed by atoms with Gasteiger partial charge >= 0.3 is 0 Å². The molecule has 0 aliphatic carbocycles. The number of hydrogen-bond acceptors (Lipinski definition) is 5. The van der Waals surface area contributed by atoms with Crippen LogP contribution in [-0.2, 0) is 9.59 Å². The van der Waals surface area contributed by atoms with E-state index in [4.69, 9.17) is 39.5 Å². The summed E-state index contributed by atoms with van der Waals surface area (Å²) in [6.45, 7) is 0. The summed E-state index contributed by atoms with van der Waals surface area (Å²) >= 11 is 20.0. The highest BCUT2D eigenvalue weighted by Gasteiger charge is 2.23. The lowest BCUT2D eigenvalue weighted by Crippen LogP contribution is -2.30. The van der Waals surface area contributed by atoms with Crippen LogP contribution in [0, 0.1) is 0 Å². The van der Waals surface area contributed by atoms with Crippen molar-refractivity contribution in [3.05, 3.63) is 159 Å². The van der Waals surface area contributed by atoms with Crippen LogP contribution in [0.25, 0.3) is 6.08 Å². The summed E-state index contributed by atoms with van der Waals surface area (Å²) in [5.74, 6) is -0.825. The Bertz CT molecular complexity index is 1970. The molecule has 0 saturated heterocycles. The van der Waals surface area contributed by atoms with Gasteiger partial charge in [0.05, 0.1) is 12.1 Å². The van der Waals surface area contributed by atoms with Crippen LogP contribution in [0.15, 0.2) is 132 Å². The van der Waals surface area contributed by atoms with Crippen LogP contribution >= 0.6 is 46.6 Å². The number of hydrogen-bond donors (Lipinski definition) is 3. The number of benzene rings is 5. The van der Waals surface area contributed by atoms with E-state index in [1.807, 2.05) is 36.4 Å². The van der Waals surface area contributed by atoms with Crippen LogP contribution in [0.2, 0.25) is 15.1 Å². The molecule has 0 bridgehead atoms. The largest absolute Gasteiger partial charge is 0.495 e. The van der Waals surface area contributed by atoms with Crippen molar-refractivity contribution >= 4 is 81.7 Å². The Labute approximate surface area is 297 Å². The second-order valence-electron chi connectivity index (χ2n) is 10.3. The molecule has 5 rings (SSSR count). The number of anilines is 2. The number of amides is 3. The van der Waals surface area contributed by atoms with Gasteiger partial charge < -0.3 is 20.7 Å². The standard InChI is InChI=1S/C37H28Cl3N3O4S/c1-47-33-18-17-28(22-31(33)40)42-37(46)34(23-9-4-2-5-10-23)48-29-14-8-13-27(21-29)41-36(45)32(19-25-15-16-26(38)20-30(25)39)43-35(44)24-11-6-3-7-12-24/h2-22,34H,1H3,(H,41,45)(H,42,46)(H,43,44)/b32-19+. The van der Waals surface area contributed by atoms with Crippen molar-refractivity contribution in [2.45, 2.75) is 10.1 Å². The molecule has 1 unspecified atom stereocenters.